The van der Waals surface area contributed by atoms with E-state index < -0.39 is 35.4 Å². The van der Waals surface area contributed by atoms with E-state index in [0.717, 1.165) is 90.4 Å². The standard InChI is InChI=1S/C27H21F3N6O3.C26H21ClN6O3.C25H21Cl2N5O3/c28-27(29,30)22-13-19(2-1-17(22)15-31)34-26(37)33-18-3-5-20(6-4-18)39-21-7-8-23-24(14-21)35-25(16-32-23)36-9-11-38-12-10-36;27-22-13-19(2-1-17(22)15-28)31-26(34)30-18-3-5-20(6-4-18)36-21-7-8-23-24(14-21)32-25(16-29-23)33-9-11-35-12-10-33;26-20-7-3-17(13-21(20)27)30-25(33)29-16-1-4-18(5-2-16)35-19-6-8-22-23(14-19)31-24(15-28-22)32-9-11-34-12-10-32/h1-8,13-14,16H,9-12H2,(H2,33,34,37);1-8,13-14,16H,9-12H2,(H2,30,31,34);1-8,13-15H,9-12H2,(H2,29,30,33). The summed E-state index contributed by atoms with van der Waals surface area (Å²) in [5.74, 6) is 5.97. The summed E-state index contributed by atoms with van der Waals surface area (Å²) in [5.41, 5.74) is 5.68. The number of hydrogen-bond donors (Lipinski definition) is 6. The quantitative estimate of drug-likeness (QED) is 0.0555. The van der Waals surface area contributed by atoms with Gasteiger partial charge in [-0.05, 0) is 164 Å². The largest absolute Gasteiger partial charge is 0.457 e. The number of halogens is 6. The Morgan fingerprint density at radius 1 is 0.364 bits per heavy atom. The molecule has 3 aromatic heterocycles. The number of fused-ring (bicyclic) bond motifs is 3. The number of nitriles is 2. The molecule has 110 heavy (non-hydrogen) atoms. The number of carbonyl (C=O) groups excluding carboxylic acids is 3. The monoisotopic (exact) mass is 1540 g/mol. The highest BCUT2D eigenvalue weighted by Crippen LogP contribution is 2.36. The van der Waals surface area contributed by atoms with Crippen LogP contribution in [0.4, 0.5) is 79.1 Å². The van der Waals surface area contributed by atoms with Gasteiger partial charge in [0.1, 0.15) is 58.0 Å². The number of urea groups is 3. The molecule has 556 valence electrons. The number of nitrogens with zero attached hydrogens (tertiary/aromatic N) is 11. The first-order valence-corrected chi connectivity index (χ1v) is 35.1. The van der Waals surface area contributed by atoms with Crippen LogP contribution in [0.2, 0.25) is 15.1 Å². The Balaban J connectivity index is 0.000000145. The molecular weight excluding hydrogens is 1480 g/mol. The summed E-state index contributed by atoms with van der Waals surface area (Å²) in [6, 6.07) is 51.4. The Labute approximate surface area is 641 Å². The van der Waals surface area contributed by atoms with Gasteiger partial charge in [-0.1, -0.05) is 34.8 Å². The van der Waals surface area contributed by atoms with Gasteiger partial charge in [-0.3, -0.25) is 15.0 Å². The topological polar surface area (TPSA) is 313 Å². The van der Waals surface area contributed by atoms with Crippen molar-refractivity contribution in [1.82, 2.24) is 29.9 Å². The zero-order valence-electron chi connectivity index (χ0n) is 57.9. The third-order valence-electron chi connectivity index (χ3n) is 16.8. The second kappa shape index (κ2) is 35.2. The predicted molar refractivity (Wildman–Crippen MR) is 414 cm³/mol. The first-order valence-electron chi connectivity index (χ1n) is 34.0. The number of benzene rings is 9. The van der Waals surface area contributed by atoms with Crippen molar-refractivity contribution in [3.05, 3.63) is 232 Å². The number of carbonyl (C=O) groups is 3. The zero-order chi connectivity index (χ0) is 76.5. The van der Waals surface area contributed by atoms with Gasteiger partial charge < -0.3 is 75.0 Å². The van der Waals surface area contributed by atoms with E-state index in [2.05, 4.69) is 61.6 Å². The summed E-state index contributed by atoms with van der Waals surface area (Å²) in [6.45, 7) is 8.67. The van der Waals surface area contributed by atoms with Crippen molar-refractivity contribution in [2.75, 3.05) is 126 Å². The fourth-order valence-electron chi connectivity index (χ4n) is 11.3. The molecule has 6 N–H and O–H groups in total. The van der Waals surface area contributed by atoms with E-state index in [1.807, 2.05) is 48.5 Å². The summed E-state index contributed by atoms with van der Waals surface area (Å²) < 4.78 is 73.6. The first-order chi connectivity index (χ1) is 53.4. The average Bonchev–Trinajstić information content (AvgIpc) is 0.805. The number of ether oxygens (including phenoxy) is 6. The average molecular weight is 1550 g/mol. The minimum Gasteiger partial charge on any atom is -0.457 e. The maximum absolute atomic E-state index is 13.2. The van der Waals surface area contributed by atoms with Gasteiger partial charge in [0.25, 0.3) is 0 Å². The van der Waals surface area contributed by atoms with Crippen LogP contribution >= 0.6 is 34.8 Å². The van der Waals surface area contributed by atoms with Crippen LogP contribution < -0.4 is 60.8 Å². The van der Waals surface area contributed by atoms with E-state index in [0.29, 0.717) is 130 Å². The van der Waals surface area contributed by atoms with Crippen molar-refractivity contribution in [2.45, 2.75) is 6.18 Å². The molecule has 3 saturated heterocycles. The number of anilines is 9. The molecule has 3 aliphatic heterocycles. The maximum atomic E-state index is 13.2. The van der Waals surface area contributed by atoms with Crippen molar-refractivity contribution in [3.63, 3.8) is 0 Å². The highest BCUT2D eigenvalue weighted by Gasteiger charge is 2.34. The first kappa shape index (κ1) is 75.4. The Kier molecular flexibility index (Phi) is 24.1. The zero-order valence-corrected chi connectivity index (χ0v) is 60.2. The lowest BCUT2D eigenvalue weighted by atomic mass is 10.1. The summed E-state index contributed by atoms with van der Waals surface area (Å²) in [5, 5.41) is 34.7. The van der Waals surface area contributed by atoms with E-state index in [-0.39, 0.29) is 10.7 Å². The third-order valence-corrected chi connectivity index (χ3v) is 17.8. The predicted octanol–water partition coefficient (Wildman–Crippen LogP) is 17.4. The van der Waals surface area contributed by atoms with Crippen LogP contribution in [-0.2, 0) is 20.4 Å². The van der Waals surface area contributed by atoms with Crippen molar-refractivity contribution in [3.8, 4) is 46.6 Å². The van der Waals surface area contributed by atoms with Gasteiger partial charge in [0, 0.05) is 91.6 Å². The Morgan fingerprint density at radius 3 is 0.991 bits per heavy atom. The number of rotatable bonds is 15. The van der Waals surface area contributed by atoms with Gasteiger partial charge in [0.2, 0.25) is 0 Å². The normalized spacial score (nSPS) is 13.4. The molecular formula is C78H63Cl3F3N17O9. The second-order valence-electron chi connectivity index (χ2n) is 24.4. The van der Waals surface area contributed by atoms with Crippen LogP contribution in [0.15, 0.2) is 201 Å². The number of amides is 6. The number of nitrogens with one attached hydrogen (secondary N) is 6. The van der Waals surface area contributed by atoms with Gasteiger partial charge in [0.15, 0.2) is 0 Å². The third kappa shape index (κ3) is 20.2. The van der Waals surface area contributed by atoms with Crippen LogP contribution in [-0.4, -0.2) is 127 Å². The molecule has 0 aliphatic carbocycles. The van der Waals surface area contributed by atoms with Crippen molar-refractivity contribution >= 4 is 138 Å². The maximum Gasteiger partial charge on any atom is 0.417 e. The summed E-state index contributed by atoms with van der Waals surface area (Å²) in [4.78, 5) is 71.0. The molecule has 6 amide bonds. The Hall–Kier alpha value is -12.9. The Morgan fingerprint density at radius 2 is 0.664 bits per heavy atom. The molecule has 0 radical (unpaired) electrons. The molecule has 0 unspecified atom stereocenters. The van der Waals surface area contributed by atoms with Crippen molar-refractivity contribution in [2.24, 2.45) is 0 Å². The molecule has 0 saturated carbocycles. The van der Waals surface area contributed by atoms with E-state index in [1.54, 1.807) is 134 Å². The van der Waals surface area contributed by atoms with E-state index in [1.165, 1.54) is 18.2 Å². The van der Waals surface area contributed by atoms with Crippen LogP contribution in [0, 0.1) is 22.7 Å². The minimum absolute atomic E-state index is 0.102. The minimum atomic E-state index is -4.72. The number of alkyl halides is 3. The van der Waals surface area contributed by atoms with Gasteiger partial charge in [-0.15, -0.1) is 0 Å². The fourth-order valence-corrected chi connectivity index (χ4v) is 11.8. The second-order valence-corrected chi connectivity index (χ2v) is 25.6. The highest BCUT2D eigenvalue weighted by atomic mass is 35.5. The molecule has 0 bridgehead atoms. The fraction of sp³-hybridized carbons (Fsp3) is 0.167. The van der Waals surface area contributed by atoms with Gasteiger partial charge in [-0.25, -0.2) is 29.3 Å². The number of aromatic nitrogens is 6. The lowest BCUT2D eigenvalue weighted by Crippen LogP contribution is -2.36. The molecule has 9 aromatic carbocycles. The highest BCUT2D eigenvalue weighted by molar-refractivity contribution is 6.42. The number of hydrogen-bond acceptors (Lipinski definition) is 20. The number of morpholine rings is 3. The van der Waals surface area contributed by atoms with E-state index in [4.69, 9.17) is 88.7 Å². The lowest BCUT2D eigenvalue weighted by Gasteiger charge is -2.27. The smallest absolute Gasteiger partial charge is 0.417 e. The lowest BCUT2D eigenvalue weighted by molar-refractivity contribution is -0.137. The van der Waals surface area contributed by atoms with Gasteiger partial charge in [0.05, 0.1) is 129 Å². The molecule has 6 heterocycles. The molecule has 0 spiro atoms. The van der Waals surface area contributed by atoms with Gasteiger partial charge in [-0.2, -0.15) is 23.7 Å². The summed E-state index contributed by atoms with van der Waals surface area (Å²) >= 11 is 17.9. The molecule has 3 aliphatic rings. The SMILES string of the molecule is N#Cc1ccc(NC(=O)Nc2ccc(Oc3ccc4ncc(N5CCOCC5)nc4c3)cc2)cc1C(F)(F)F.N#Cc1ccc(NC(=O)Nc2ccc(Oc3ccc4ncc(N5CCOCC5)nc4c3)cc2)cc1Cl.O=C(Nc1ccc(Oc2ccc3ncc(N4CCOCC4)nc3c2)cc1)Nc1ccc(Cl)c(Cl)c1. The summed E-state index contributed by atoms with van der Waals surface area (Å²) in [6.07, 6.45) is 0.591. The molecule has 0 atom stereocenters. The molecule has 3 fully saturated rings. The van der Waals surface area contributed by atoms with Crippen LogP contribution in [0.5, 0.6) is 34.5 Å². The van der Waals surface area contributed by atoms with Crippen LogP contribution in [0.3, 0.4) is 0 Å². The van der Waals surface area contributed by atoms with Crippen molar-refractivity contribution in [1.29, 1.82) is 10.5 Å². The molecule has 32 heteroatoms. The van der Waals surface area contributed by atoms with Crippen molar-refractivity contribution < 1.29 is 56.0 Å². The molecule has 15 rings (SSSR count). The van der Waals surface area contributed by atoms with Crippen LogP contribution in [0.25, 0.3) is 33.1 Å². The molecule has 26 nitrogen and oxygen atoms in total. The molecule has 12 aromatic rings. The summed E-state index contributed by atoms with van der Waals surface area (Å²) in [7, 11) is 0. The van der Waals surface area contributed by atoms with E-state index in [9.17, 15) is 27.6 Å². The van der Waals surface area contributed by atoms with E-state index >= 15 is 0 Å². The van der Waals surface area contributed by atoms with Crippen LogP contribution in [0.1, 0.15) is 16.7 Å². The van der Waals surface area contributed by atoms with Gasteiger partial charge >= 0.3 is 24.3 Å². The Bertz CT molecular complexity index is 5420.